The Morgan fingerprint density at radius 2 is 2.42 bits per heavy atom. The minimum atomic E-state index is 0.397. The molecular weight excluding hydrogens is 172 g/mol. The Labute approximate surface area is 76.1 Å². The fourth-order valence-corrected chi connectivity index (χ4v) is 0.919. The lowest BCUT2D eigenvalue weighted by Crippen LogP contribution is -1.78. The summed E-state index contributed by atoms with van der Waals surface area (Å²) < 4.78 is 0. The molecule has 1 heterocycles. The molecule has 12 heavy (non-hydrogen) atoms. The second kappa shape index (κ2) is 4.53. The van der Waals surface area contributed by atoms with Gasteiger partial charge < -0.3 is 0 Å². The molecule has 0 atom stereocenters. The van der Waals surface area contributed by atoms with Crippen molar-refractivity contribution >= 4 is 17.7 Å². The topological polar surface area (TPSA) is 36.7 Å². The average molecular weight is 179 g/mol. The standard InChI is InChI=1S/C9H7ClN2/c10-9-6-3-5-8(12-9)4-1-2-7-11/h1,3-6H,2H2. The third-order valence-corrected chi connectivity index (χ3v) is 1.44. The molecule has 0 N–H and O–H groups in total. The van der Waals surface area contributed by atoms with Crippen LogP contribution in [0.3, 0.4) is 0 Å². The zero-order valence-electron chi connectivity index (χ0n) is 6.37. The van der Waals surface area contributed by atoms with Crippen LogP contribution in [0.4, 0.5) is 0 Å². The van der Waals surface area contributed by atoms with Crippen LogP contribution in [-0.2, 0) is 0 Å². The molecule has 0 radical (unpaired) electrons. The molecule has 0 aliphatic carbocycles. The molecule has 3 heteroatoms. The zero-order valence-corrected chi connectivity index (χ0v) is 7.12. The van der Waals surface area contributed by atoms with Gasteiger partial charge in [0.05, 0.1) is 18.2 Å². The predicted octanol–water partition coefficient (Wildman–Crippen LogP) is 2.66. The summed E-state index contributed by atoms with van der Waals surface area (Å²) in [5.41, 5.74) is 0.776. The summed E-state index contributed by atoms with van der Waals surface area (Å²) in [6, 6.07) is 7.37. The van der Waals surface area contributed by atoms with Crippen LogP contribution in [0.5, 0.6) is 0 Å². The highest BCUT2D eigenvalue weighted by molar-refractivity contribution is 6.29. The molecule has 0 saturated heterocycles. The van der Waals surface area contributed by atoms with Gasteiger partial charge in [0.2, 0.25) is 0 Å². The van der Waals surface area contributed by atoms with E-state index in [1.54, 1.807) is 18.2 Å². The SMILES string of the molecule is N#CCC=Cc1cccc(Cl)n1. The molecule has 0 aliphatic heterocycles. The van der Waals surface area contributed by atoms with Crippen LogP contribution in [0.25, 0.3) is 6.08 Å². The van der Waals surface area contributed by atoms with Gasteiger partial charge in [-0.1, -0.05) is 23.7 Å². The van der Waals surface area contributed by atoms with Crippen molar-refractivity contribution in [2.24, 2.45) is 0 Å². The molecule has 1 aromatic heterocycles. The van der Waals surface area contributed by atoms with Crippen molar-refractivity contribution in [3.8, 4) is 6.07 Å². The lowest BCUT2D eigenvalue weighted by Gasteiger charge is -1.91. The average Bonchev–Trinajstić information content (AvgIpc) is 2.05. The van der Waals surface area contributed by atoms with E-state index in [-0.39, 0.29) is 0 Å². The monoisotopic (exact) mass is 178 g/mol. The van der Waals surface area contributed by atoms with Crippen LogP contribution in [0.1, 0.15) is 12.1 Å². The van der Waals surface area contributed by atoms with Gasteiger partial charge in [-0.25, -0.2) is 4.98 Å². The molecule has 0 amide bonds. The number of hydrogen-bond acceptors (Lipinski definition) is 2. The zero-order chi connectivity index (χ0) is 8.81. The number of nitrogens with zero attached hydrogens (tertiary/aromatic N) is 2. The highest BCUT2D eigenvalue weighted by Crippen LogP contribution is 2.06. The lowest BCUT2D eigenvalue weighted by molar-refractivity contribution is 1.28. The fraction of sp³-hybridized carbons (Fsp3) is 0.111. The predicted molar refractivity (Wildman–Crippen MR) is 48.5 cm³/mol. The first-order chi connectivity index (χ1) is 5.83. The van der Waals surface area contributed by atoms with Gasteiger partial charge in [0.25, 0.3) is 0 Å². The van der Waals surface area contributed by atoms with Gasteiger partial charge in [-0.05, 0) is 18.2 Å². The Kier molecular flexibility index (Phi) is 3.31. The molecule has 0 saturated carbocycles. The Morgan fingerprint density at radius 1 is 1.58 bits per heavy atom. The van der Waals surface area contributed by atoms with E-state index in [1.807, 2.05) is 18.2 Å². The Morgan fingerprint density at radius 3 is 3.08 bits per heavy atom. The van der Waals surface area contributed by atoms with E-state index >= 15 is 0 Å². The van der Waals surface area contributed by atoms with Crippen molar-refractivity contribution in [3.63, 3.8) is 0 Å². The number of pyridine rings is 1. The maximum absolute atomic E-state index is 8.25. The summed E-state index contributed by atoms with van der Waals surface area (Å²) in [7, 11) is 0. The van der Waals surface area contributed by atoms with Crippen LogP contribution >= 0.6 is 11.6 Å². The van der Waals surface area contributed by atoms with E-state index in [9.17, 15) is 0 Å². The van der Waals surface area contributed by atoms with Crippen LogP contribution < -0.4 is 0 Å². The molecule has 2 nitrogen and oxygen atoms in total. The summed E-state index contributed by atoms with van der Waals surface area (Å²) in [5.74, 6) is 0. The number of allylic oxidation sites excluding steroid dienone is 1. The highest BCUT2D eigenvalue weighted by atomic mass is 35.5. The van der Waals surface area contributed by atoms with Crippen LogP contribution in [0.15, 0.2) is 24.3 Å². The summed E-state index contributed by atoms with van der Waals surface area (Å²) >= 11 is 5.65. The quantitative estimate of drug-likeness (QED) is 0.653. The maximum Gasteiger partial charge on any atom is 0.129 e. The largest absolute Gasteiger partial charge is 0.237 e. The van der Waals surface area contributed by atoms with Gasteiger partial charge in [-0.2, -0.15) is 5.26 Å². The molecule has 0 bridgehead atoms. The first-order valence-corrected chi connectivity index (χ1v) is 3.87. The molecule has 0 fully saturated rings. The van der Waals surface area contributed by atoms with E-state index in [1.165, 1.54) is 0 Å². The number of nitriles is 1. The van der Waals surface area contributed by atoms with Crippen molar-refractivity contribution in [3.05, 3.63) is 35.1 Å². The van der Waals surface area contributed by atoms with E-state index < -0.39 is 0 Å². The fourth-order valence-electron chi connectivity index (χ4n) is 0.749. The van der Waals surface area contributed by atoms with Gasteiger partial charge in [0, 0.05) is 0 Å². The molecular formula is C9H7ClN2. The Bertz CT molecular complexity index is 326. The van der Waals surface area contributed by atoms with Gasteiger partial charge in [0.1, 0.15) is 5.15 Å². The van der Waals surface area contributed by atoms with Gasteiger partial charge in [0.15, 0.2) is 0 Å². The Hall–Kier alpha value is -1.33. The maximum atomic E-state index is 8.25. The third-order valence-electron chi connectivity index (χ3n) is 1.23. The molecule has 60 valence electrons. The van der Waals surface area contributed by atoms with Crippen molar-refractivity contribution in [2.45, 2.75) is 6.42 Å². The first-order valence-electron chi connectivity index (χ1n) is 3.49. The van der Waals surface area contributed by atoms with Gasteiger partial charge in [-0.15, -0.1) is 0 Å². The second-order valence-electron chi connectivity index (χ2n) is 2.15. The van der Waals surface area contributed by atoms with Crippen molar-refractivity contribution in [1.82, 2.24) is 4.98 Å². The normalized spacial score (nSPS) is 10.0. The van der Waals surface area contributed by atoms with Crippen molar-refractivity contribution in [1.29, 1.82) is 5.26 Å². The minimum absolute atomic E-state index is 0.397. The molecule has 1 rings (SSSR count). The minimum Gasteiger partial charge on any atom is -0.237 e. The van der Waals surface area contributed by atoms with Crippen LogP contribution in [-0.4, -0.2) is 4.98 Å². The van der Waals surface area contributed by atoms with Crippen LogP contribution in [0, 0.1) is 11.3 Å². The molecule has 1 aromatic rings. The van der Waals surface area contributed by atoms with Gasteiger partial charge in [-0.3, -0.25) is 0 Å². The number of hydrogen-bond donors (Lipinski definition) is 0. The lowest BCUT2D eigenvalue weighted by atomic mass is 10.3. The molecule has 0 spiro atoms. The third kappa shape index (κ3) is 2.73. The summed E-state index contributed by atoms with van der Waals surface area (Å²) in [5, 5.41) is 8.72. The summed E-state index contributed by atoms with van der Waals surface area (Å²) in [6.07, 6.45) is 3.92. The summed E-state index contributed by atoms with van der Waals surface area (Å²) in [6.45, 7) is 0. The number of aromatic nitrogens is 1. The second-order valence-corrected chi connectivity index (χ2v) is 2.54. The first kappa shape index (κ1) is 8.76. The molecule has 0 unspecified atom stereocenters. The smallest absolute Gasteiger partial charge is 0.129 e. The van der Waals surface area contributed by atoms with E-state index in [0.717, 1.165) is 5.69 Å². The number of rotatable bonds is 2. The van der Waals surface area contributed by atoms with E-state index in [0.29, 0.717) is 11.6 Å². The van der Waals surface area contributed by atoms with Crippen molar-refractivity contribution in [2.75, 3.05) is 0 Å². The Balaban J connectivity index is 2.71. The van der Waals surface area contributed by atoms with Gasteiger partial charge >= 0.3 is 0 Å². The number of halogens is 1. The molecule has 0 aromatic carbocycles. The molecule has 0 aliphatic rings. The van der Waals surface area contributed by atoms with E-state index in [4.69, 9.17) is 16.9 Å². The summed E-state index contributed by atoms with van der Waals surface area (Å²) in [4.78, 5) is 4.01. The van der Waals surface area contributed by atoms with E-state index in [2.05, 4.69) is 4.98 Å². The van der Waals surface area contributed by atoms with Crippen molar-refractivity contribution < 1.29 is 0 Å². The highest BCUT2D eigenvalue weighted by Gasteiger charge is 1.88. The van der Waals surface area contributed by atoms with Crippen LogP contribution in [0.2, 0.25) is 5.15 Å².